The van der Waals surface area contributed by atoms with E-state index in [0.717, 1.165) is 20.8 Å². The largest absolute Gasteiger partial charge is 0.322 e. The molecule has 0 atom stereocenters. The third-order valence-corrected chi connectivity index (χ3v) is 5.48. The lowest BCUT2D eigenvalue weighted by Gasteiger charge is -2.10. The SMILES string of the molecule is Cc1ccc(C(=O)Nc2ccccc2)cc1NC(=O)C=Cc1nc2ccccc2s1. The fourth-order valence-corrected chi connectivity index (χ4v) is 3.78. The van der Waals surface area contributed by atoms with Gasteiger partial charge in [-0.2, -0.15) is 0 Å². The van der Waals surface area contributed by atoms with Gasteiger partial charge in [-0.1, -0.05) is 36.4 Å². The van der Waals surface area contributed by atoms with Gasteiger partial charge in [-0.25, -0.2) is 4.98 Å². The molecule has 0 aliphatic heterocycles. The van der Waals surface area contributed by atoms with E-state index >= 15 is 0 Å². The normalized spacial score (nSPS) is 11.0. The third-order valence-electron chi connectivity index (χ3n) is 4.48. The van der Waals surface area contributed by atoms with Crippen molar-refractivity contribution < 1.29 is 9.59 Å². The lowest BCUT2D eigenvalue weighted by atomic mass is 10.1. The van der Waals surface area contributed by atoms with Crippen LogP contribution in [-0.2, 0) is 4.79 Å². The summed E-state index contributed by atoms with van der Waals surface area (Å²) in [6.07, 6.45) is 3.15. The van der Waals surface area contributed by atoms with Crippen molar-refractivity contribution in [3.63, 3.8) is 0 Å². The molecular weight excluding hydrogens is 394 g/mol. The van der Waals surface area contributed by atoms with Crippen LogP contribution in [0.3, 0.4) is 0 Å². The highest BCUT2D eigenvalue weighted by atomic mass is 32.1. The molecule has 30 heavy (non-hydrogen) atoms. The van der Waals surface area contributed by atoms with Crippen molar-refractivity contribution in [2.24, 2.45) is 0 Å². The lowest BCUT2D eigenvalue weighted by Crippen LogP contribution is -2.14. The maximum absolute atomic E-state index is 12.5. The predicted molar refractivity (Wildman–Crippen MR) is 123 cm³/mol. The van der Waals surface area contributed by atoms with Crippen molar-refractivity contribution in [3.8, 4) is 0 Å². The van der Waals surface area contributed by atoms with Crippen LogP contribution in [0.25, 0.3) is 16.3 Å². The number of hydrogen-bond donors (Lipinski definition) is 2. The highest BCUT2D eigenvalue weighted by Gasteiger charge is 2.10. The van der Waals surface area contributed by atoms with Crippen molar-refractivity contribution >= 4 is 50.8 Å². The molecule has 0 saturated carbocycles. The number of carbonyl (C=O) groups excluding carboxylic acids is 2. The first-order chi connectivity index (χ1) is 14.6. The molecule has 1 heterocycles. The number of nitrogens with zero attached hydrogens (tertiary/aromatic N) is 1. The number of nitrogens with one attached hydrogen (secondary N) is 2. The molecule has 4 aromatic rings. The minimum atomic E-state index is -0.280. The van der Waals surface area contributed by atoms with Crippen LogP contribution < -0.4 is 10.6 Å². The summed E-state index contributed by atoms with van der Waals surface area (Å²) in [6.45, 7) is 1.88. The van der Waals surface area contributed by atoms with Crippen LogP contribution in [0.4, 0.5) is 11.4 Å². The second-order valence-electron chi connectivity index (χ2n) is 6.69. The van der Waals surface area contributed by atoms with E-state index < -0.39 is 0 Å². The summed E-state index contributed by atoms with van der Waals surface area (Å²) >= 11 is 1.53. The highest BCUT2D eigenvalue weighted by molar-refractivity contribution is 7.19. The van der Waals surface area contributed by atoms with Crippen molar-refractivity contribution in [2.45, 2.75) is 6.92 Å². The minimum absolute atomic E-state index is 0.235. The standard InChI is InChI=1S/C24H19N3O2S/c1-16-11-12-17(24(29)25-18-7-3-2-4-8-18)15-20(16)26-22(28)13-14-23-27-19-9-5-6-10-21(19)30-23/h2-15H,1H3,(H,25,29)(H,26,28). The van der Waals surface area contributed by atoms with Crippen LogP contribution in [0.2, 0.25) is 0 Å². The highest BCUT2D eigenvalue weighted by Crippen LogP contribution is 2.23. The van der Waals surface area contributed by atoms with Crippen LogP contribution in [0, 0.1) is 6.92 Å². The topological polar surface area (TPSA) is 71.1 Å². The number of aromatic nitrogens is 1. The summed E-state index contributed by atoms with van der Waals surface area (Å²) in [5, 5.41) is 6.45. The number of rotatable bonds is 5. The molecule has 6 heteroatoms. The van der Waals surface area contributed by atoms with E-state index in [4.69, 9.17) is 0 Å². The van der Waals surface area contributed by atoms with Crippen LogP contribution in [0.5, 0.6) is 0 Å². The monoisotopic (exact) mass is 413 g/mol. The molecule has 0 saturated heterocycles. The Morgan fingerprint density at radius 2 is 1.70 bits per heavy atom. The first-order valence-electron chi connectivity index (χ1n) is 9.40. The zero-order chi connectivity index (χ0) is 20.9. The van der Waals surface area contributed by atoms with Crippen LogP contribution in [-0.4, -0.2) is 16.8 Å². The zero-order valence-corrected chi connectivity index (χ0v) is 17.1. The average Bonchev–Trinajstić information content (AvgIpc) is 3.17. The molecule has 0 bridgehead atoms. The van der Waals surface area contributed by atoms with Gasteiger partial charge in [0.25, 0.3) is 5.91 Å². The summed E-state index contributed by atoms with van der Waals surface area (Å²) in [4.78, 5) is 29.4. The maximum atomic E-state index is 12.5. The van der Waals surface area contributed by atoms with Crippen LogP contribution in [0.1, 0.15) is 20.9 Å². The molecule has 1 aromatic heterocycles. The van der Waals surface area contributed by atoms with Gasteiger partial charge in [0.15, 0.2) is 0 Å². The van der Waals surface area contributed by atoms with Crippen LogP contribution >= 0.6 is 11.3 Å². The Balaban J connectivity index is 1.46. The first-order valence-corrected chi connectivity index (χ1v) is 10.2. The number of amides is 2. The number of carbonyl (C=O) groups is 2. The first kappa shape index (κ1) is 19.5. The number of benzene rings is 3. The van der Waals surface area contributed by atoms with E-state index in [1.54, 1.807) is 18.2 Å². The summed E-state index contributed by atoms with van der Waals surface area (Å²) < 4.78 is 1.07. The van der Waals surface area contributed by atoms with Crippen molar-refractivity contribution in [1.29, 1.82) is 0 Å². The van der Waals surface area contributed by atoms with Gasteiger partial charge in [0.05, 0.1) is 10.2 Å². The summed E-state index contributed by atoms with van der Waals surface area (Å²) in [6, 6.07) is 22.3. The zero-order valence-electron chi connectivity index (χ0n) is 16.3. The van der Waals surface area contributed by atoms with E-state index in [-0.39, 0.29) is 11.8 Å². The van der Waals surface area contributed by atoms with Gasteiger partial charge < -0.3 is 10.6 Å². The molecule has 0 fully saturated rings. The average molecular weight is 414 g/mol. The quantitative estimate of drug-likeness (QED) is 0.424. The van der Waals surface area contributed by atoms with Gasteiger partial charge in [0, 0.05) is 23.0 Å². The lowest BCUT2D eigenvalue weighted by molar-refractivity contribution is -0.111. The smallest absolute Gasteiger partial charge is 0.255 e. The molecule has 0 spiro atoms. The molecule has 5 nitrogen and oxygen atoms in total. The molecule has 4 rings (SSSR count). The summed E-state index contributed by atoms with van der Waals surface area (Å²) in [5.41, 5.74) is 3.56. The molecule has 2 N–H and O–H groups in total. The Hall–Kier alpha value is -3.77. The van der Waals surface area contributed by atoms with Gasteiger partial charge >= 0.3 is 0 Å². The van der Waals surface area contributed by atoms with E-state index in [0.29, 0.717) is 16.9 Å². The number of hydrogen-bond acceptors (Lipinski definition) is 4. The fraction of sp³-hybridized carbons (Fsp3) is 0.0417. The number of aryl methyl sites for hydroxylation is 1. The van der Waals surface area contributed by atoms with E-state index in [2.05, 4.69) is 15.6 Å². The predicted octanol–water partition coefficient (Wildman–Crippen LogP) is 5.51. The molecule has 3 aromatic carbocycles. The Bertz CT molecular complexity index is 1210. The van der Waals surface area contributed by atoms with Gasteiger partial charge in [-0.3, -0.25) is 9.59 Å². The van der Waals surface area contributed by atoms with Crippen molar-refractivity contribution in [2.75, 3.05) is 10.6 Å². The van der Waals surface area contributed by atoms with Crippen molar-refractivity contribution in [1.82, 2.24) is 4.98 Å². The van der Waals surface area contributed by atoms with Crippen molar-refractivity contribution in [3.05, 3.63) is 95.0 Å². The Kier molecular flexibility index (Phi) is 5.68. The van der Waals surface area contributed by atoms with Gasteiger partial charge in [0.2, 0.25) is 5.91 Å². The van der Waals surface area contributed by atoms with E-state index in [1.165, 1.54) is 17.4 Å². The molecule has 148 valence electrons. The maximum Gasteiger partial charge on any atom is 0.255 e. The van der Waals surface area contributed by atoms with Crippen LogP contribution in [0.15, 0.2) is 78.9 Å². The van der Waals surface area contributed by atoms with Gasteiger partial charge in [-0.05, 0) is 55.0 Å². The third kappa shape index (κ3) is 4.61. The Morgan fingerprint density at radius 1 is 0.933 bits per heavy atom. The molecule has 2 amide bonds. The van der Waals surface area contributed by atoms with E-state index in [9.17, 15) is 9.59 Å². The molecule has 0 radical (unpaired) electrons. The van der Waals surface area contributed by atoms with Gasteiger partial charge in [-0.15, -0.1) is 11.3 Å². The van der Waals surface area contributed by atoms with E-state index in [1.807, 2.05) is 67.6 Å². The summed E-state index contributed by atoms with van der Waals surface area (Å²) in [7, 11) is 0. The van der Waals surface area contributed by atoms with Gasteiger partial charge in [0.1, 0.15) is 5.01 Å². The Labute approximate surface area is 178 Å². The number of para-hydroxylation sites is 2. The molecular formula is C24H19N3O2S. The number of fused-ring (bicyclic) bond motifs is 1. The minimum Gasteiger partial charge on any atom is -0.322 e. The summed E-state index contributed by atoms with van der Waals surface area (Å²) in [5.74, 6) is -0.514. The Morgan fingerprint density at radius 3 is 2.50 bits per heavy atom. The molecule has 0 aliphatic rings. The molecule has 0 aliphatic carbocycles. The second kappa shape index (κ2) is 8.71. The number of thiazole rings is 1. The fourth-order valence-electron chi connectivity index (χ4n) is 2.91. The molecule has 0 unspecified atom stereocenters. The second-order valence-corrected chi connectivity index (χ2v) is 7.75. The number of anilines is 2.